The summed E-state index contributed by atoms with van der Waals surface area (Å²) in [6.07, 6.45) is 0. The molecule has 1 N–H and O–H groups in total. The Hall–Kier alpha value is -1.75. The van der Waals surface area contributed by atoms with Crippen LogP contribution in [0.4, 0.5) is 10.1 Å². The van der Waals surface area contributed by atoms with Crippen molar-refractivity contribution in [2.24, 2.45) is 0 Å². The van der Waals surface area contributed by atoms with Gasteiger partial charge in [-0.15, -0.1) is 0 Å². The van der Waals surface area contributed by atoms with Gasteiger partial charge in [0.2, 0.25) is 0 Å². The predicted octanol–water partition coefficient (Wildman–Crippen LogP) is 4.22. The molecule has 0 saturated carbocycles. The van der Waals surface area contributed by atoms with Gasteiger partial charge in [-0.2, -0.15) is 0 Å². The van der Waals surface area contributed by atoms with Crippen LogP contribution in [0.1, 0.15) is 5.56 Å². The Labute approximate surface area is 125 Å². The van der Waals surface area contributed by atoms with Crippen molar-refractivity contribution in [3.05, 3.63) is 52.3 Å². The smallest absolute Gasteiger partial charge is 0.165 e. The molecule has 106 valence electrons. The van der Waals surface area contributed by atoms with Crippen molar-refractivity contribution in [3.63, 3.8) is 0 Å². The van der Waals surface area contributed by atoms with Crippen LogP contribution in [0, 0.1) is 5.82 Å². The third-order valence-corrected chi connectivity index (χ3v) is 3.66. The first kappa shape index (κ1) is 14.7. The average Bonchev–Trinajstić information content (AvgIpc) is 2.47. The molecule has 0 amide bonds. The Bertz CT molecular complexity index is 604. The molecule has 0 saturated heterocycles. The van der Waals surface area contributed by atoms with Crippen molar-refractivity contribution in [1.29, 1.82) is 0 Å². The molecule has 0 radical (unpaired) electrons. The van der Waals surface area contributed by atoms with E-state index in [4.69, 9.17) is 9.47 Å². The summed E-state index contributed by atoms with van der Waals surface area (Å²) >= 11 is 3.49. The van der Waals surface area contributed by atoms with Gasteiger partial charge in [-0.05, 0) is 35.9 Å². The quantitative estimate of drug-likeness (QED) is 0.884. The number of methoxy groups -OCH3 is 2. The molecule has 20 heavy (non-hydrogen) atoms. The number of halogens is 2. The molecule has 5 heteroatoms. The summed E-state index contributed by atoms with van der Waals surface area (Å²) in [6.45, 7) is 0.590. The molecule has 0 spiro atoms. The zero-order chi connectivity index (χ0) is 14.5. The minimum Gasteiger partial charge on any atom is -0.497 e. The van der Waals surface area contributed by atoms with Crippen molar-refractivity contribution in [2.75, 3.05) is 19.5 Å². The summed E-state index contributed by atoms with van der Waals surface area (Å²) in [4.78, 5) is 0. The van der Waals surface area contributed by atoms with E-state index in [0.717, 1.165) is 21.5 Å². The summed E-state index contributed by atoms with van der Waals surface area (Å²) in [5.74, 6) is 0.641. The molecule has 0 bridgehead atoms. The summed E-state index contributed by atoms with van der Waals surface area (Å²) in [7, 11) is 3.08. The first-order valence-electron chi connectivity index (χ1n) is 6.04. The Kier molecular flexibility index (Phi) is 4.84. The van der Waals surface area contributed by atoms with E-state index in [2.05, 4.69) is 21.2 Å². The van der Waals surface area contributed by atoms with Crippen LogP contribution in [0.5, 0.6) is 11.5 Å². The van der Waals surface area contributed by atoms with Gasteiger partial charge in [-0.25, -0.2) is 4.39 Å². The Morgan fingerprint density at radius 2 is 1.90 bits per heavy atom. The van der Waals surface area contributed by atoms with Crippen molar-refractivity contribution in [3.8, 4) is 11.5 Å². The molecule has 2 aromatic carbocycles. The number of nitrogens with one attached hydrogen (secondary N) is 1. The highest BCUT2D eigenvalue weighted by atomic mass is 79.9. The summed E-state index contributed by atoms with van der Waals surface area (Å²) in [6, 6.07) is 10.4. The van der Waals surface area contributed by atoms with Crippen LogP contribution in [0.3, 0.4) is 0 Å². The van der Waals surface area contributed by atoms with E-state index >= 15 is 0 Å². The Balaban J connectivity index is 2.12. The zero-order valence-corrected chi connectivity index (χ0v) is 12.8. The number of anilines is 1. The van der Waals surface area contributed by atoms with Gasteiger partial charge in [0, 0.05) is 22.8 Å². The van der Waals surface area contributed by atoms with Crippen LogP contribution in [-0.4, -0.2) is 14.2 Å². The maximum Gasteiger partial charge on any atom is 0.165 e. The molecule has 0 fully saturated rings. The van der Waals surface area contributed by atoms with Crippen molar-refractivity contribution >= 4 is 21.6 Å². The lowest BCUT2D eigenvalue weighted by molar-refractivity contribution is 0.387. The lowest BCUT2D eigenvalue weighted by Crippen LogP contribution is -2.01. The van der Waals surface area contributed by atoms with Crippen LogP contribution < -0.4 is 14.8 Å². The van der Waals surface area contributed by atoms with Gasteiger partial charge in [-0.3, -0.25) is 0 Å². The number of hydrogen-bond donors (Lipinski definition) is 1. The van der Waals surface area contributed by atoms with Crippen molar-refractivity contribution in [1.82, 2.24) is 0 Å². The molecule has 3 nitrogen and oxygen atoms in total. The average molecular weight is 340 g/mol. The normalized spacial score (nSPS) is 10.2. The molecule has 0 unspecified atom stereocenters. The molecule has 0 aliphatic carbocycles. The largest absolute Gasteiger partial charge is 0.497 e. The number of ether oxygens (including phenoxy) is 2. The monoisotopic (exact) mass is 339 g/mol. The minimum absolute atomic E-state index is 0.222. The zero-order valence-electron chi connectivity index (χ0n) is 11.2. The van der Waals surface area contributed by atoms with E-state index in [9.17, 15) is 4.39 Å². The second-order valence-corrected chi connectivity index (χ2v) is 5.01. The topological polar surface area (TPSA) is 30.5 Å². The van der Waals surface area contributed by atoms with E-state index in [1.165, 1.54) is 13.2 Å². The molecule has 2 rings (SSSR count). The second-order valence-electron chi connectivity index (χ2n) is 4.16. The first-order chi connectivity index (χ1) is 9.63. The van der Waals surface area contributed by atoms with Crippen LogP contribution in [-0.2, 0) is 6.54 Å². The molecule has 0 heterocycles. The summed E-state index contributed by atoms with van der Waals surface area (Å²) in [5, 5.41) is 3.22. The summed E-state index contributed by atoms with van der Waals surface area (Å²) in [5.41, 5.74) is 1.84. The fourth-order valence-electron chi connectivity index (χ4n) is 1.78. The highest BCUT2D eigenvalue weighted by molar-refractivity contribution is 9.10. The first-order valence-corrected chi connectivity index (χ1v) is 6.83. The van der Waals surface area contributed by atoms with Gasteiger partial charge in [0.25, 0.3) is 0 Å². The second kappa shape index (κ2) is 6.61. The summed E-state index contributed by atoms with van der Waals surface area (Å²) < 4.78 is 24.5. The number of hydrogen-bond acceptors (Lipinski definition) is 3. The van der Waals surface area contributed by atoms with Crippen LogP contribution >= 0.6 is 15.9 Å². The lowest BCUT2D eigenvalue weighted by atomic mass is 10.2. The molecule has 0 aliphatic heterocycles. The standard InChI is InChI=1S/C15H15BrFNO2/c1-19-12-4-5-13(16)10(7-12)9-18-11-3-6-14(17)15(8-11)20-2/h3-8,18H,9H2,1-2H3. The van der Waals surface area contributed by atoms with Crippen LogP contribution in [0.15, 0.2) is 40.9 Å². The van der Waals surface area contributed by atoms with Gasteiger partial charge < -0.3 is 14.8 Å². The van der Waals surface area contributed by atoms with E-state index in [0.29, 0.717) is 6.54 Å². The predicted molar refractivity (Wildman–Crippen MR) is 81.0 cm³/mol. The van der Waals surface area contributed by atoms with E-state index in [1.807, 2.05) is 18.2 Å². The molecule has 2 aromatic rings. The highest BCUT2D eigenvalue weighted by Crippen LogP contribution is 2.25. The SMILES string of the molecule is COc1ccc(Br)c(CNc2ccc(F)c(OC)c2)c1. The van der Waals surface area contributed by atoms with Gasteiger partial charge in [0.05, 0.1) is 14.2 Å². The van der Waals surface area contributed by atoms with Gasteiger partial charge in [0.1, 0.15) is 5.75 Å². The molecular weight excluding hydrogens is 325 g/mol. The fourth-order valence-corrected chi connectivity index (χ4v) is 2.17. The van der Waals surface area contributed by atoms with Crippen molar-refractivity contribution in [2.45, 2.75) is 6.54 Å². The van der Waals surface area contributed by atoms with Gasteiger partial charge >= 0.3 is 0 Å². The van der Waals surface area contributed by atoms with Crippen LogP contribution in [0.2, 0.25) is 0 Å². The van der Waals surface area contributed by atoms with E-state index < -0.39 is 0 Å². The fraction of sp³-hybridized carbons (Fsp3) is 0.200. The van der Waals surface area contributed by atoms with E-state index in [1.54, 1.807) is 19.2 Å². The number of benzene rings is 2. The van der Waals surface area contributed by atoms with Gasteiger partial charge in [0.15, 0.2) is 11.6 Å². The van der Waals surface area contributed by atoms with E-state index in [-0.39, 0.29) is 11.6 Å². The third kappa shape index (κ3) is 3.42. The van der Waals surface area contributed by atoms with Crippen molar-refractivity contribution < 1.29 is 13.9 Å². The molecule has 0 atom stereocenters. The Morgan fingerprint density at radius 3 is 2.60 bits per heavy atom. The third-order valence-electron chi connectivity index (χ3n) is 2.89. The maximum atomic E-state index is 13.3. The maximum absolute atomic E-state index is 13.3. The number of rotatable bonds is 5. The molecular formula is C15H15BrFNO2. The molecule has 0 aliphatic rings. The minimum atomic E-state index is -0.374. The van der Waals surface area contributed by atoms with Crippen LogP contribution in [0.25, 0.3) is 0 Å². The Morgan fingerprint density at radius 1 is 1.10 bits per heavy atom. The van der Waals surface area contributed by atoms with Gasteiger partial charge in [-0.1, -0.05) is 15.9 Å². The highest BCUT2D eigenvalue weighted by Gasteiger charge is 2.05. The molecule has 0 aromatic heterocycles. The lowest BCUT2D eigenvalue weighted by Gasteiger charge is -2.11.